The molecule has 3 rings (SSSR count). The van der Waals surface area contributed by atoms with Crippen LogP contribution in [0.25, 0.3) is 11.1 Å². The summed E-state index contributed by atoms with van der Waals surface area (Å²) in [6, 6.07) is 1.01. The van der Waals surface area contributed by atoms with E-state index in [1.807, 2.05) is 0 Å². The number of rotatable bonds is 18. The second-order valence-corrected chi connectivity index (χ2v) is 12.5. The van der Waals surface area contributed by atoms with Crippen LogP contribution in [-0.2, 0) is 42.9 Å². The highest BCUT2D eigenvalue weighted by molar-refractivity contribution is 5.82. The molecule has 0 saturated carbocycles. The van der Waals surface area contributed by atoms with Gasteiger partial charge in [0.15, 0.2) is 0 Å². The van der Waals surface area contributed by atoms with Crippen LogP contribution in [0.5, 0.6) is 0 Å². The first kappa shape index (κ1) is 42.3. The molecule has 286 valence electrons. The molecular formula is C39H44F5N3O6. The molecule has 53 heavy (non-hydrogen) atoms. The van der Waals surface area contributed by atoms with E-state index < -0.39 is 71.0 Å². The fourth-order valence-electron chi connectivity index (χ4n) is 6.04. The van der Waals surface area contributed by atoms with Gasteiger partial charge in [0.25, 0.3) is 0 Å². The third-order valence-corrected chi connectivity index (χ3v) is 8.50. The number of nitrogens with one attached hydrogen (secondary N) is 1. The number of ether oxygens (including phenoxy) is 2. The third kappa shape index (κ3) is 11.4. The van der Waals surface area contributed by atoms with Crippen molar-refractivity contribution in [2.45, 2.75) is 90.9 Å². The number of alkyl halides is 3. The molecule has 0 radical (unpaired) electrons. The molecule has 3 aromatic rings. The van der Waals surface area contributed by atoms with Gasteiger partial charge in [0.05, 0.1) is 31.2 Å². The zero-order valence-corrected chi connectivity index (χ0v) is 30.2. The average molecular weight is 746 g/mol. The first-order chi connectivity index (χ1) is 25.0. The summed E-state index contributed by atoms with van der Waals surface area (Å²) in [6.07, 6.45) is 0.592. The lowest BCUT2D eigenvalue weighted by Gasteiger charge is -2.26. The summed E-state index contributed by atoms with van der Waals surface area (Å²) < 4.78 is 85.3. The quantitative estimate of drug-likeness (QED) is 0.0613. The number of aromatic nitrogens is 2. The molecule has 1 N–H and O–H groups in total. The fraction of sp³-hybridized carbons (Fsp3) is 0.410. The monoisotopic (exact) mass is 745 g/mol. The Bertz CT molecular complexity index is 1890. The topological polar surface area (TPSA) is 117 Å². The van der Waals surface area contributed by atoms with Crippen molar-refractivity contribution in [2.75, 3.05) is 13.2 Å². The Labute approximate surface area is 304 Å². The van der Waals surface area contributed by atoms with E-state index in [1.165, 1.54) is 39.1 Å². The van der Waals surface area contributed by atoms with Gasteiger partial charge in [-0.2, -0.15) is 18.2 Å². The van der Waals surface area contributed by atoms with Crippen molar-refractivity contribution in [1.82, 2.24) is 14.9 Å². The lowest BCUT2D eigenvalue weighted by Crippen LogP contribution is -2.41. The van der Waals surface area contributed by atoms with Crippen LogP contribution in [0.2, 0.25) is 0 Å². The van der Waals surface area contributed by atoms with E-state index in [0.29, 0.717) is 54.1 Å². The lowest BCUT2D eigenvalue weighted by molar-refractivity contribution is -0.144. The third-order valence-electron chi connectivity index (χ3n) is 8.50. The van der Waals surface area contributed by atoms with Crippen molar-refractivity contribution >= 4 is 17.8 Å². The number of esters is 2. The maximum Gasteiger partial charge on any atom is 0.419 e. The van der Waals surface area contributed by atoms with Crippen LogP contribution in [0.4, 0.5) is 22.0 Å². The Morgan fingerprint density at radius 2 is 1.72 bits per heavy atom. The Morgan fingerprint density at radius 3 is 2.34 bits per heavy atom. The van der Waals surface area contributed by atoms with Gasteiger partial charge >= 0.3 is 23.8 Å². The van der Waals surface area contributed by atoms with E-state index in [9.17, 15) is 36.7 Å². The molecule has 0 spiro atoms. The number of allylic oxidation sites excluding steroid dienone is 2. The number of benzene rings is 2. The second-order valence-electron chi connectivity index (χ2n) is 12.5. The van der Waals surface area contributed by atoms with Crippen LogP contribution in [0.1, 0.15) is 91.5 Å². The molecule has 0 aliphatic rings. The van der Waals surface area contributed by atoms with Gasteiger partial charge < -0.3 is 14.8 Å². The minimum atomic E-state index is -5.21. The molecule has 0 aliphatic heterocycles. The summed E-state index contributed by atoms with van der Waals surface area (Å²) in [5.41, 5.74) is -1.58. The number of carbonyl (C=O) groups excluding carboxylic acids is 3. The van der Waals surface area contributed by atoms with Gasteiger partial charge in [-0.3, -0.25) is 19.0 Å². The number of amides is 1. The van der Waals surface area contributed by atoms with Crippen molar-refractivity contribution in [2.24, 2.45) is 0 Å². The van der Waals surface area contributed by atoms with Crippen molar-refractivity contribution < 1.29 is 45.8 Å². The van der Waals surface area contributed by atoms with Gasteiger partial charge in [-0.15, -0.1) is 13.2 Å². The number of nitrogens with zero attached hydrogens (tertiary/aromatic N) is 2. The molecule has 1 heterocycles. The van der Waals surface area contributed by atoms with Gasteiger partial charge in [0.2, 0.25) is 5.91 Å². The Hall–Kier alpha value is -5.14. The zero-order valence-electron chi connectivity index (χ0n) is 30.2. The molecule has 0 unspecified atom stereocenters. The Kier molecular flexibility index (Phi) is 15.2. The number of unbranched alkanes of at least 4 members (excludes halogenated alkanes) is 2. The molecule has 1 amide bonds. The molecule has 2 aromatic carbocycles. The van der Waals surface area contributed by atoms with Gasteiger partial charge in [-0.05, 0) is 105 Å². The summed E-state index contributed by atoms with van der Waals surface area (Å²) in [7, 11) is 0. The number of carbonyl (C=O) groups is 3. The van der Waals surface area contributed by atoms with E-state index in [4.69, 9.17) is 9.47 Å². The van der Waals surface area contributed by atoms with Crippen LogP contribution >= 0.6 is 0 Å². The summed E-state index contributed by atoms with van der Waals surface area (Å²) >= 11 is 0. The van der Waals surface area contributed by atoms with E-state index in [0.717, 1.165) is 16.7 Å². The predicted molar refractivity (Wildman–Crippen MR) is 189 cm³/mol. The summed E-state index contributed by atoms with van der Waals surface area (Å²) in [5.74, 6) is -4.76. The Morgan fingerprint density at radius 1 is 1.00 bits per heavy atom. The predicted octanol–water partition coefficient (Wildman–Crippen LogP) is 7.76. The highest BCUT2D eigenvalue weighted by Gasteiger charge is 2.38. The highest BCUT2D eigenvalue weighted by atomic mass is 19.4. The normalized spacial score (nSPS) is 12.5. The van der Waals surface area contributed by atoms with E-state index in [2.05, 4.69) is 23.5 Å². The minimum Gasteiger partial charge on any atom is -0.466 e. The fourth-order valence-corrected chi connectivity index (χ4v) is 6.04. The first-order valence-corrected chi connectivity index (χ1v) is 17.1. The van der Waals surface area contributed by atoms with Crippen LogP contribution in [0.15, 0.2) is 60.6 Å². The van der Waals surface area contributed by atoms with Gasteiger partial charge in [0, 0.05) is 30.8 Å². The molecule has 14 heteroatoms. The summed E-state index contributed by atoms with van der Waals surface area (Å²) in [6.45, 7) is 13.0. The number of aryl methyl sites for hydroxylation is 3. The van der Waals surface area contributed by atoms with E-state index >= 15 is 4.39 Å². The van der Waals surface area contributed by atoms with Crippen LogP contribution < -0.4 is 11.0 Å². The number of halogens is 5. The molecule has 0 aliphatic carbocycles. The van der Waals surface area contributed by atoms with Gasteiger partial charge in [-0.1, -0.05) is 12.2 Å². The smallest absolute Gasteiger partial charge is 0.419 e. The van der Waals surface area contributed by atoms with Gasteiger partial charge in [-0.25, -0.2) is 13.6 Å². The largest absolute Gasteiger partial charge is 0.466 e. The SMILES string of the molecule is C=CCCCCc1cc(F)cc(C)c1-c1cc([C@H](CC(=O)OCC)NC(=O)[C@H](CC=C)n2cc(CCOC(C)=O)c(C)nc2=O)c(F)c(C(F)(F)F)c1. The van der Waals surface area contributed by atoms with Crippen LogP contribution in [0.3, 0.4) is 0 Å². The summed E-state index contributed by atoms with van der Waals surface area (Å²) in [5, 5.41) is 2.49. The van der Waals surface area contributed by atoms with Gasteiger partial charge in [0.1, 0.15) is 17.7 Å². The molecule has 9 nitrogen and oxygen atoms in total. The van der Waals surface area contributed by atoms with E-state index in [-0.39, 0.29) is 37.2 Å². The maximum atomic E-state index is 16.2. The van der Waals surface area contributed by atoms with E-state index in [1.54, 1.807) is 13.0 Å². The van der Waals surface area contributed by atoms with Crippen molar-refractivity contribution in [1.29, 1.82) is 0 Å². The number of hydrogen-bond acceptors (Lipinski definition) is 7. The molecule has 0 fully saturated rings. The lowest BCUT2D eigenvalue weighted by atomic mass is 9.88. The Balaban J connectivity index is 2.22. The molecule has 2 atom stereocenters. The molecular weight excluding hydrogens is 701 g/mol. The maximum absolute atomic E-state index is 16.2. The molecule has 0 bridgehead atoms. The second kappa shape index (κ2) is 19.1. The van der Waals surface area contributed by atoms with Crippen molar-refractivity contribution in [3.05, 3.63) is 111 Å². The highest BCUT2D eigenvalue weighted by Crippen LogP contribution is 2.40. The van der Waals surface area contributed by atoms with Crippen molar-refractivity contribution in [3.8, 4) is 11.1 Å². The van der Waals surface area contributed by atoms with Crippen LogP contribution in [-0.4, -0.2) is 40.6 Å². The molecule has 0 saturated heterocycles. The average Bonchev–Trinajstić information content (AvgIpc) is 3.06. The zero-order chi connectivity index (χ0) is 39.5. The first-order valence-electron chi connectivity index (χ1n) is 17.1. The van der Waals surface area contributed by atoms with Crippen molar-refractivity contribution in [3.63, 3.8) is 0 Å². The standard InChI is InChI=1S/C39H44F5N3O6/c1-7-10-11-12-14-26-18-29(40)17-23(4)35(26)28-19-30(36(41)31(20-28)39(42,43)44)32(21-34(49)52-9-3)46-37(50)33(13-8-2)47-22-27(15-16-53-25(6)48)24(5)45-38(47)51/h7-8,17-20,22,32-33H,1-2,9-16,21H2,3-6H3,(H,46,50)/t32-,33-/m0/s1. The minimum absolute atomic E-state index is 0.0444. The molecule has 1 aromatic heterocycles. The number of hydrogen-bond donors (Lipinski definition) is 1. The summed E-state index contributed by atoms with van der Waals surface area (Å²) in [4.78, 5) is 55.2. The van der Waals surface area contributed by atoms with Crippen LogP contribution in [0, 0.1) is 25.5 Å².